The molecule has 1 unspecified atom stereocenters. The van der Waals surface area contributed by atoms with Gasteiger partial charge < -0.3 is 39.6 Å². The second-order valence-electron chi connectivity index (χ2n) is 16.7. The van der Waals surface area contributed by atoms with Crippen molar-refractivity contribution in [2.45, 2.75) is 78.5 Å². The van der Waals surface area contributed by atoms with Crippen LogP contribution >= 0.6 is 23.2 Å². The zero-order valence-electron chi connectivity index (χ0n) is 37.2. The van der Waals surface area contributed by atoms with Gasteiger partial charge in [-0.15, -0.1) is 0 Å². The number of aliphatic hydroxyl groups excluding tert-OH is 3. The quantitative estimate of drug-likeness (QED) is 0.0452. The lowest BCUT2D eigenvalue weighted by atomic mass is 9.85. The Morgan fingerprint density at radius 1 is 0.667 bits per heavy atom. The molecular weight excluding hydrogens is 878 g/mol. The molecule has 0 amide bonds. The molecule has 6 aromatic rings. The fraction of sp³-hybridized carbons (Fsp3) is 0.308. The summed E-state index contributed by atoms with van der Waals surface area (Å²) in [6, 6.07) is 28.7. The predicted molar refractivity (Wildman–Crippen MR) is 255 cm³/mol. The van der Waals surface area contributed by atoms with Crippen LogP contribution in [0.1, 0.15) is 72.6 Å². The largest absolute Gasteiger partial charge is 0.488 e. The van der Waals surface area contributed by atoms with Crippen molar-refractivity contribution in [2.24, 2.45) is 5.41 Å². The van der Waals surface area contributed by atoms with Crippen molar-refractivity contribution in [1.82, 2.24) is 15.3 Å². The van der Waals surface area contributed by atoms with Crippen molar-refractivity contribution in [2.75, 3.05) is 19.8 Å². The number of pyridine rings is 2. The van der Waals surface area contributed by atoms with Crippen LogP contribution in [0.4, 0.5) is 5.69 Å². The summed E-state index contributed by atoms with van der Waals surface area (Å²) >= 11 is 13.6. The maximum atomic E-state index is 10.0. The Labute approximate surface area is 396 Å². The van der Waals surface area contributed by atoms with Crippen LogP contribution in [0.3, 0.4) is 0 Å². The van der Waals surface area contributed by atoms with E-state index in [2.05, 4.69) is 38.3 Å². The predicted octanol–water partition coefficient (Wildman–Crippen LogP) is 10.4. The molecule has 0 saturated carbocycles. The SMILES string of the molecule is [C-]#[N+]c1cncc(COc2cc(OCc3cccc(-c4cccc(COc5cc(OCc6cncc(C#N)c6)c(CNC(C)(CC)CO)cc5Cl)c4)c3)c(Cl)cc2CCC(C)(CO)CO)c1. The fourth-order valence-corrected chi connectivity index (χ4v) is 7.27. The number of rotatable bonds is 23. The molecule has 4 aromatic carbocycles. The lowest BCUT2D eigenvalue weighted by Gasteiger charge is -2.28. The third-order valence-corrected chi connectivity index (χ3v) is 12.0. The van der Waals surface area contributed by atoms with Crippen molar-refractivity contribution in [3.63, 3.8) is 0 Å². The van der Waals surface area contributed by atoms with Crippen molar-refractivity contribution < 1.29 is 34.3 Å². The van der Waals surface area contributed by atoms with E-state index in [0.29, 0.717) is 70.1 Å². The number of nitrogens with one attached hydrogen (secondary N) is 1. The number of aromatic nitrogens is 2. The second-order valence-corrected chi connectivity index (χ2v) is 17.6. The first-order chi connectivity index (χ1) is 31.9. The first-order valence-electron chi connectivity index (χ1n) is 21.5. The average molecular weight is 931 g/mol. The van der Waals surface area contributed by atoms with E-state index >= 15 is 0 Å². The van der Waals surface area contributed by atoms with E-state index < -0.39 is 11.0 Å². The van der Waals surface area contributed by atoms with Crippen LogP contribution in [0.2, 0.25) is 10.0 Å². The summed E-state index contributed by atoms with van der Waals surface area (Å²) in [5.41, 5.74) is 6.44. The molecule has 12 nitrogen and oxygen atoms in total. The highest BCUT2D eigenvalue weighted by Crippen LogP contribution is 2.38. The van der Waals surface area contributed by atoms with Crippen molar-refractivity contribution in [3.05, 3.63) is 170 Å². The molecule has 2 heterocycles. The van der Waals surface area contributed by atoms with E-state index in [-0.39, 0.29) is 46.2 Å². The van der Waals surface area contributed by atoms with Crippen molar-refractivity contribution >= 4 is 28.9 Å². The minimum Gasteiger partial charge on any atom is -0.488 e. The van der Waals surface area contributed by atoms with Gasteiger partial charge in [-0.05, 0) is 96.0 Å². The van der Waals surface area contributed by atoms with Gasteiger partial charge >= 0.3 is 0 Å². The van der Waals surface area contributed by atoms with E-state index in [0.717, 1.165) is 44.5 Å². The summed E-state index contributed by atoms with van der Waals surface area (Å²) in [6.07, 6.45) is 7.97. The van der Waals surface area contributed by atoms with Gasteiger partial charge in [0.05, 0.1) is 42.0 Å². The standard InChI is InChI=1S/C52H53Cl2N5O7/c1-5-52(3,34-62)59-26-43-19-46(54)50(21-48(43)64-30-38-14-37(22-55)23-57-24-38)66-29-36-9-7-11-41(16-36)40-10-6-8-35(15-40)28-65-49-20-47(63-31-39-17-44(56-4)27-58-25-39)42(18-45(49)53)12-13-51(2,32-60)33-61/h6-11,14-21,23-25,27,59-62H,5,12-13,26,28-34H2,1-3H3. The van der Waals surface area contributed by atoms with E-state index in [1.54, 1.807) is 48.8 Å². The molecule has 342 valence electrons. The molecule has 0 saturated heterocycles. The average Bonchev–Trinajstić information content (AvgIpc) is 3.36. The number of nitriles is 1. The summed E-state index contributed by atoms with van der Waals surface area (Å²) in [7, 11) is 0. The lowest BCUT2D eigenvalue weighted by molar-refractivity contribution is 0.0629. The highest BCUT2D eigenvalue weighted by Gasteiger charge is 2.24. The Morgan fingerprint density at radius 2 is 1.20 bits per heavy atom. The lowest BCUT2D eigenvalue weighted by Crippen LogP contribution is -2.44. The number of hydrogen-bond donors (Lipinski definition) is 4. The number of hydrogen-bond acceptors (Lipinski definition) is 11. The van der Waals surface area contributed by atoms with Gasteiger partial charge in [-0.2, -0.15) is 5.26 Å². The molecule has 0 bridgehead atoms. The van der Waals surface area contributed by atoms with Gasteiger partial charge in [-0.1, -0.05) is 73.4 Å². The van der Waals surface area contributed by atoms with Gasteiger partial charge in [0.15, 0.2) is 0 Å². The molecule has 0 spiro atoms. The highest BCUT2D eigenvalue weighted by molar-refractivity contribution is 6.32. The molecule has 0 aliphatic rings. The number of aryl methyl sites for hydroxylation is 1. The maximum Gasteiger partial charge on any atom is 0.205 e. The third kappa shape index (κ3) is 13.4. The molecule has 66 heavy (non-hydrogen) atoms. The first-order valence-corrected chi connectivity index (χ1v) is 22.2. The number of benzene rings is 4. The van der Waals surface area contributed by atoms with Crippen LogP contribution < -0.4 is 24.3 Å². The summed E-state index contributed by atoms with van der Waals surface area (Å²) in [4.78, 5) is 11.8. The zero-order valence-corrected chi connectivity index (χ0v) is 38.7. The summed E-state index contributed by atoms with van der Waals surface area (Å²) in [5.74, 6) is 1.93. The van der Waals surface area contributed by atoms with E-state index in [4.69, 9.17) is 48.7 Å². The van der Waals surface area contributed by atoms with Gasteiger partial charge in [0.1, 0.15) is 55.5 Å². The summed E-state index contributed by atoms with van der Waals surface area (Å²) in [6.45, 7) is 13.9. The smallest absolute Gasteiger partial charge is 0.205 e. The van der Waals surface area contributed by atoms with E-state index in [1.165, 1.54) is 12.4 Å². The second kappa shape index (κ2) is 23.3. The molecule has 0 aliphatic carbocycles. The molecule has 0 aliphatic heterocycles. The molecule has 4 N–H and O–H groups in total. The van der Waals surface area contributed by atoms with Crippen LogP contribution in [0.15, 0.2) is 110 Å². The molecule has 0 fully saturated rings. The number of halogens is 2. The Balaban J connectivity index is 1.16. The normalized spacial score (nSPS) is 12.2. The molecule has 0 radical (unpaired) electrons. The van der Waals surface area contributed by atoms with Crippen molar-refractivity contribution in [3.8, 4) is 40.2 Å². The Morgan fingerprint density at radius 3 is 1.74 bits per heavy atom. The maximum absolute atomic E-state index is 10.0. The number of ether oxygens (including phenoxy) is 4. The van der Waals surface area contributed by atoms with Crippen LogP contribution in [-0.2, 0) is 39.4 Å². The van der Waals surface area contributed by atoms with Gasteiger partial charge in [0.2, 0.25) is 5.69 Å². The minimum absolute atomic E-state index is 0.0399. The first kappa shape index (κ1) is 49.2. The molecule has 1 atom stereocenters. The van der Waals surface area contributed by atoms with Crippen LogP contribution in [0, 0.1) is 23.3 Å². The van der Waals surface area contributed by atoms with Gasteiger partial charge in [0.25, 0.3) is 0 Å². The van der Waals surface area contributed by atoms with E-state index in [1.807, 2.05) is 57.2 Å². The van der Waals surface area contributed by atoms with Gasteiger partial charge in [-0.25, -0.2) is 4.85 Å². The monoisotopic (exact) mass is 929 g/mol. The molecule has 14 heteroatoms. The highest BCUT2D eigenvalue weighted by atomic mass is 35.5. The summed E-state index contributed by atoms with van der Waals surface area (Å²) < 4.78 is 25.2. The molecule has 2 aromatic heterocycles. The topological polar surface area (TPSA) is 164 Å². The fourth-order valence-electron chi connectivity index (χ4n) is 6.79. The molecular formula is C52H53Cl2N5O7. The zero-order chi connectivity index (χ0) is 47.1. The Bertz CT molecular complexity index is 2490. The van der Waals surface area contributed by atoms with Gasteiger partial charge in [0, 0.05) is 65.5 Å². The van der Waals surface area contributed by atoms with Crippen LogP contribution in [0.5, 0.6) is 23.0 Å². The third-order valence-electron chi connectivity index (χ3n) is 11.4. The van der Waals surface area contributed by atoms with Crippen LogP contribution in [0.25, 0.3) is 16.0 Å². The van der Waals surface area contributed by atoms with Crippen molar-refractivity contribution in [1.29, 1.82) is 5.26 Å². The minimum atomic E-state index is -0.686. The Kier molecular flexibility index (Phi) is 17.4. The molecule has 6 rings (SSSR count). The van der Waals surface area contributed by atoms with Gasteiger partial charge in [-0.3, -0.25) is 9.97 Å². The van der Waals surface area contributed by atoms with E-state index in [9.17, 15) is 20.6 Å². The number of nitrogens with zero attached hydrogens (tertiary/aromatic N) is 4. The Hall–Kier alpha value is -6.22. The number of aliphatic hydroxyl groups is 3. The summed E-state index contributed by atoms with van der Waals surface area (Å²) in [5, 5.41) is 43.4. The van der Waals surface area contributed by atoms with Crippen LogP contribution in [-0.4, -0.2) is 50.6 Å².